The number of nitrogens with zero attached hydrogens (tertiary/aromatic N) is 2. The summed E-state index contributed by atoms with van der Waals surface area (Å²) in [6.07, 6.45) is 6.18. The summed E-state index contributed by atoms with van der Waals surface area (Å²) in [5.74, 6) is 0. The van der Waals surface area contributed by atoms with Crippen molar-refractivity contribution < 1.29 is 0 Å². The second-order valence-electron chi connectivity index (χ2n) is 6.22. The molecule has 21 heavy (non-hydrogen) atoms. The number of benzene rings is 1. The third kappa shape index (κ3) is 2.51. The Balaban J connectivity index is 2.04. The Bertz CT molecular complexity index is 613. The molecular weight excluding hydrogens is 258 g/mol. The summed E-state index contributed by atoms with van der Waals surface area (Å²) in [5.41, 5.74) is 1.58. The number of hydrogen-bond donors (Lipinski definition) is 1. The van der Waals surface area contributed by atoms with Gasteiger partial charge in [-0.1, -0.05) is 26.0 Å². The molecule has 1 saturated heterocycles. The summed E-state index contributed by atoms with van der Waals surface area (Å²) in [4.78, 5) is 6.82. The number of pyridine rings is 1. The fourth-order valence-electron chi connectivity index (χ4n) is 3.41. The van der Waals surface area contributed by atoms with E-state index in [1.54, 1.807) is 0 Å². The van der Waals surface area contributed by atoms with Crippen molar-refractivity contribution in [1.29, 1.82) is 0 Å². The van der Waals surface area contributed by atoms with Gasteiger partial charge >= 0.3 is 0 Å². The van der Waals surface area contributed by atoms with Gasteiger partial charge in [-0.05, 0) is 31.9 Å². The number of nitrogens with one attached hydrogen (secondary N) is 1. The summed E-state index contributed by atoms with van der Waals surface area (Å²) in [7, 11) is 0. The lowest BCUT2D eigenvalue weighted by molar-refractivity contribution is 0.254. The van der Waals surface area contributed by atoms with Crippen molar-refractivity contribution in [1.82, 2.24) is 10.3 Å². The van der Waals surface area contributed by atoms with Gasteiger partial charge in [-0.25, -0.2) is 0 Å². The van der Waals surface area contributed by atoms with Crippen LogP contribution in [0.25, 0.3) is 10.8 Å². The van der Waals surface area contributed by atoms with Crippen LogP contribution in [0, 0.1) is 0 Å². The molecular formula is C18H25N3. The van der Waals surface area contributed by atoms with E-state index in [4.69, 9.17) is 0 Å². The fourth-order valence-corrected chi connectivity index (χ4v) is 3.41. The first-order valence-corrected chi connectivity index (χ1v) is 8.03. The highest BCUT2D eigenvalue weighted by molar-refractivity contribution is 5.93. The van der Waals surface area contributed by atoms with Gasteiger partial charge in [0.1, 0.15) is 0 Å². The van der Waals surface area contributed by atoms with E-state index in [2.05, 4.69) is 60.2 Å². The van der Waals surface area contributed by atoms with Gasteiger partial charge in [-0.3, -0.25) is 4.98 Å². The van der Waals surface area contributed by atoms with Gasteiger partial charge in [0, 0.05) is 53.5 Å². The molecule has 112 valence electrons. The Labute approximate surface area is 127 Å². The van der Waals surface area contributed by atoms with Crippen molar-refractivity contribution in [3.05, 3.63) is 36.7 Å². The van der Waals surface area contributed by atoms with E-state index in [-0.39, 0.29) is 5.54 Å². The summed E-state index contributed by atoms with van der Waals surface area (Å²) >= 11 is 0. The first kappa shape index (κ1) is 14.3. The van der Waals surface area contributed by atoms with Crippen LogP contribution in [-0.4, -0.2) is 29.7 Å². The first-order chi connectivity index (χ1) is 10.2. The highest BCUT2D eigenvalue weighted by Crippen LogP contribution is 2.32. The minimum absolute atomic E-state index is 0.238. The average Bonchev–Trinajstić information content (AvgIpc) is 2.55. The lowest BCUT2D eigenvalue weighted by Gasteiger charge is -2.48. The Kier molecular flexibility index (Phi) is 3.85. The van der Waals surface area contributed by atoms with Gasteiger partial charge in [-0.15, -0.1) is 0 Å². The lowest BCUT2D eigenvalue weighted by atomic mass is 9.88. The van der Waals surface area contributed by atoms with Crippen LogP contribution < -0.4 is 10.2 Å². The maximum atomic E-state index is 4.25. The van der Waals surface area contributed by atoms with Gasteiger partial charge in [0.15, 0.2) is 0 Å². The van der Waals surface area contributed by atoms with Gasteiger partial charge < -0.3 is 10.2 Å². The van der Waals surface area contributed by atoms with E-state index < -0.39 is 0 Å². The standard InChI is InChI=1S/C18H25N3/c1-4-18(5-2)13-21(14(3)11-20-18)17-8-6-7-15-12-19-10-9-16(15)17/h6-10,12,14,20H,4-5,11,13H2,1-3H3. The fraction of sp³-hybridized carbons (Fsp3) is 0.500. The third-order valence-electron chi connectivity index (χ3n) is 5.10. The zero-order valence-electron chi connectivity index (χ0n) is 13.3. The second-order valence-corrected chi connectivity index (χ2v) is 6.22. The third-order valence-corrected chi connectivity index (χ3v) is 5.10. The van der Waals surface area contributed by atoms with Crippen molar-refractivity contribution in [2.45, 2.75) is 45.2 Å². The van der Waals surface area contributed by atoms with Gasteiger partial charge in [0.25, 0.3) is 0 Å². The van der Waals surface area contributed by atoms with Crippen molar-refractivity contribution in [3.8, 4) is 0 Å². The number of piperazine rings is 1. The molecule has 1 aromatic carbocycles. The lowest BCUT2D eigenvalue weighted by Crippen LogP contribution is -2.63. The van der Waals surface area contributed by atoms with Crippen molar-refractivity contribution in [2.75, 3.05) is 18.0 Å². The van der Waals surface area contributed by atoms with E-state index in [1.165, 1.54) is 29.3 Å². The van der Waals surface area contributed by atoms with E-state index in [0.717, 1.165) is 13.1 Å². The Morgan fingerprint density at radius 1 is 1.29 bits per heavy atom. The maximum absolute atomic E-state index is 4.25. The molecule has 2 aromatic rings. The topological polar surface area (TPSA) is 28.2 Å². The smallest absolute Gasteiger partial charge is 0.0450 e. The van der Waals surface area contributed by atoms with Crippen LogP contribution in [0.5, 0.6) is 0 Å². The van der Waals surface area contributed by atoms with Gasteiger partial charge in [0.2, 0.25) is 0 Å². The first-order valence-electron chi connectivity index (χ1n) is 8.03. The van der Waals surface area contributed by atoms with E-state index in [1.807, 2.05) is 12.4 Å². The quantitative estimate of drug-likeness (QED) is 0.933. The van der Waals surface area contributed by atoms with Gasteiger partial charge in [-0.2, -0.15) is 0 Å². The molecule has 1 N–H and O–H groups in total. The van der Waals surface area contributed by atoms with E-state index >= 15 is 0 Å². The monoisotopic (exact) mass is 283 g/mol. The summed E-state index contributed by atoms with van der Waals surface area (Å²) < 4.78 is 0. The molecule has 0 bridgehead atoms. The van der Waals surface area contributed by atoms with Crippen LogP contribution in [-0.2, 0) is 0 Å². The van der Waals surface area contributed by atoms with E-state index in [0.29, 0.717) is 6.04 Å². The molecule has 1 atom stereocenters. The Hall–Kier alpha value is -1.61. The number of hydrogen-bond acceptors (Lipinski definition) is 3. The number of rotatable bonds is 3. The predicted molar refractivity (Wildman–Crippen MR) is 89.9 cm³/mol. The SMILES string of the molecule is CCC1(CC)CN(c2cccc3cnccc23)C(C)CN1. The molecule has 0 aliphatic carbocycles. The van der Waals surface area contributed by atoms with Crippen molar-refractivity contribution in [2.24, 2.45) is 0 Å². The summed E-state index contributed by atoms with van der Waals surface area (Å²) in [6.45, 7) is 9.00. The van der Waals surface area contributed by atoms with Gasteiger partial charge in [0.05, 0.1) is 0 Å². The van der Waals surface area contributed by atoms with Crippen LogP contribution >= 0.6 is 0 Å². The molecule has 1 aliphatic heterocycles. The summed E-state index contributed by atoms with van der Waals surface area (Å²) in [5, 5.41) is 6.30. The Morgan fingerprint density at radius 3 is 2.86 bits per heavy atom. The second kappa shape index (κ2) is 5.64. The summed E-state index contributed by atoms with van der Waals surface area (Å²) in [6, 6.07) is 9.19. The highest BCUT2D eigenvalue weighted by atomic mass is 15.3. The Morgan fingerprint density at radius 2 is 2.10 bits per heavy atom. The molecule has 0 spiro atoms. The van der Waals surface area contributed by atoms with Crippen molar-refractivity contribution in [3.63, 3.8) is 0 Å². The molecule has 1 fully saturated rings. The number of aromatic nitrogens is 1. The van der Waals surface area contributed by atoms with Crippen LogP contribution in [0.1, 0.15) is 33.6 Å². The zero-order chi connectivity index (χ0) is 14.9. The van der Waals surface area contributed by atoms with Crippen LogP contribution in [0.3, 0.4) is 0 Å². The predicted octanol–water partition coefficient (Wildman–Crippen LogP) is 3.59. The number of fused-ring (bicyclic) bond motifs is 1. The molecule has 3 nitrogen and oxygen atoms in total. The molecule has 0 saturated carbocycles. The average molecular weight is 283 g/mol. The molecule has 1 aliphatic rings. The minimum Gasteiger partial charge on any atom is -0.365 e. The number of anilines is 1. The van der Waals surface area contributed by atoms with Crippen LogP contribution in [0.2, 0.25) is 0 Å². The molecule has 1 unspecified atom stereocenters. The molecule has 0 amide bonds. The largest absolute Gasteiger partial charge is 0.365 e. The molecule has 3 rings (SSSR count). The van der Waals surface area contributed by atoms with Crippen LogP contribution in [0.15, 0.2) is 36.7 Å². The molecule has 2 heterocycles. The maximum Gasteiger partial charge on any atom is 0.0450 e. The normalized spacial score (nSPS) is 21.7. The molecule has 1 aromatic heterocycles. The highest BCUT2D eigenvalue weighted by Gasteiger charge is 2.35. The zero-order valence-corrected chi connectivity index (χ0v) is 13.3. The van der Waals surface area contributed by atoms with Crippen molar-refractivity contribution >= 4 is 16.5 Å². The van der Waals surface area contributed by atoms with E-state index in [9.17, 15) is 0 Å². The molecule has 3 heteroatoms. The van der Waals surface area contributed by atoms with Crippen LogP contribution in [0.4, 0.5) is 5.69 Å². The minimum atomic E-state index is 0.238. The molecule has 0 radical (unpaired) electrons.